The number of nitrogens with one attached hydrogen (secondary N) is 1. The third-order valence-corrected chi connectivity index (χ3v) is 9.21. The molecular formula is C32H40F5N7O2. The van der Waals surface area contributed by atoms with Gasteiger partial charge in [-0.2, -0.15) is 23.1 Å². The van der Waals surface area contributed by atoms with Crippen LogP contribution in [0, 0.1) is 24.0 Å². The van der Waals surface area contributed by atoms with E-state index in [1.807, 2.05) is 11.8 Å². The van der Waals surface area contributed by atoms with E-state index in [-0.39, 0.29) is 40.0 Å². The van der Waals surface area contributed by atoms with Gasteiger partial charge in [-0.15, -0.1) is 0 Å². The first-order valence-electron chi connectivity index (χ1n) is 15.9. The lowest BCUT2D eigenvalue weighted by Crippen LogP contribution is -2.41. The Morgan fingerprint density at radius 3 is 2.54 bits per heavy atom. The third kappa shape index (κ3) is 6.84. The molecule has 2 saturated heterocycles. The Balaban J connectivity index is 1.45. The Kier molecular flexibility index (Phi) is 9.23. The fourth-order valence-electron chi connectivity index (χ4n) is 6.73. The van der Waals surface area contributed by atoms with Crippen molar-refractivity contribution in [3.63, 3.8) is 0 Å². The van der Waals surface area contributed by atoms with E-state index < -0.39 is 40.2 Å². The highest BCUT2D eigenvalue weighted by Gasteiger charge is 2.45. The first kappa shape index (κ1) is 32.6. The van der Waals surface area contributed by atoms with Crippen molar-refractivity contribution in [1.82, 2.24) is 25.2 Å². The van der Waals surface area contributed by atoms with Crippen LogP contribution in [0.3, 0.4) is 0 Å². The standard InChI is InChI=1S/C32H40F5N7O2/c1-3-39-20-6-4-5-9-44(16-20)29-22-14-23(33)25(21-15-24(38)40-19(2)26(21)32(35,36)37)27(34)28(22)41-30(42-29)46-18-31(7-8-31)17-43-10-12-45-13-11-43/h14-15,20,39H,3-13,16-18H2,1-2H3,(H2,38,40). The molecule has 1 aromatic carbocycles. The van der Waals surface area contributed by atoms with E-state index in [1.165, 1.54) is 0 Å². The van der Waals surface area contributed by atoms with Crippen LogP contribution in [-0.2, 0) is 10.9 Å². The van der Waals surface area contributed by atoms with Crippen LogP contribution in [0.4, 0.5) is 33.6 Å². The van der Waals surface area contributed by atoms with Crippen LogP contribution in [0.5, 0.6) is 6.01 Å². The Morgan fingerprint density at radius 2 is 1.85 bits per heavy atom. The molecule has 250 valence electrons. The molecule has 2 aromatic heterocycles. The molecule has 14 heteroatoms. The molecule has 0 amide bonds. The summed E-state index contributed by atoms with van der Waals surface area (Å²) >= 11 is 0. The van der Waals surface area contributed by atoms with Crippen LogP contribution in [0.1, 0.15) is 50.3 Å². The molecule has 1 aliphatic carbocycles. The number of halogens is 5. The summed E-state index contributed by atoms with van der Waals surface area (Å²) in [6.07, 6.45) is -0.315. The molecular weight excluding hydrogens is 609 g/mol. The maximum absolute atomic E-state index is 16.6. The van der Waals surface area contributed by atoms with Gasteiger partial charge in [0.25, 0.3) is 0 Å². The number of anilines is 2. The van der Waals surface area contributed by atoms with Crippen molar-refractivity contribution < 1.29 is 31.4 Å². The van der Waals surface area contributed by atoms with E-state index in [0.29, 0.717) is 32.9 Å². The van der Waals surface area contributed by atoms with Gasteiger partial charge in [0.1, 0.15) is 23.0 Å². The minimum absolute atomic E-state index is 0.0602. The highest BCUT2D eigenvalue weighted by atomic mass is 19.4. The molecule has 2 aliphatic heterocycles. The van der Waals surface area contributed by atoms with Gasteiger partial charge >= 0.3 is 12.2 Å². The number of benzene rings is 1. The molecule has 0 radical (unpaired) electrons. The average molecular weight is 650 g/mol. The SMILES string of the molecule is CCNC1CCCCN(c2nc(OCC3(CN4CCOCC4)CC3)nc3c(F)c(-c4cc(N)nc(C)c4C(F)(F)F)c(F)cc23)C1. The topological polar surface area (TPSA) is 102 Å². The van der Waals surface area contributed by atoms with E-state index in [4.69, 9.17) is 20.2 Å². The number of nitrogens with zero attached hydrogens (tertiary/aromatic N) is 5. The van der Waals surface area contributed by atoms with E-state index in [9.17, 15) is 13.2 Å². The van der Waals surface area contributed by atoms with Crippen molar-refractivity contribution in [2.45, 2.75) is 58.2 Å². The first-order chi connectivity index (χ1) is 22.0. The lowest BCUT2D eigenvalue weighted by molar-refractivity contribution is -0.137. The van der Waals surface area contributed by atoms with Crippen molar-refractivity contribution in [2.75, 3.05) is 69.7 Å². The van der Waals surface area contributed by atoms with Gasteiger partial charge in [0.05, 0.1) is 36.6 Å². The van der Waals surface area contributed by atoms with Gasteiger partial charge in [-0.1, -0.05) is 13.3 Å². The molecule has 4 heterocycles. The number of ether oxygens (including phenoxy) is 2. The van der Waals surface area contributed by atoms with Crippen molar-refractivity contribution in [3.8, 4) is 17.1 Å². The summed E-state index contributed by atoms with van der Waals surface area (Å²) in [5.41, 5.74) is 2.01. The van der Waals surface area contributed by atoms with Gasteiger partial charge in [0.2, 0.25) is 0 Å². The molecule has 1 saturated carbocycles. The number of pyridine rings is 1. The molecule has 3 aromatic rings. The summed E-state index contributed by atoms with van der Waals surface area (Å²) in [5, 5.41) is 3.52. The zero-order chi connectivity index (χ0) is 32.6. The van der Waals surface area contributed by atoms with Gasteiger partial charge in [-0.05, 0) is 51.3 Å². The predicted octanol–water partition coefficient (Wildman–Crippen LogP) is 5.34. The second-order valence-electron chi connectivity index (χ2n) is 12.7. The summed E-state index contributed by atoms with van der Waals surface area (Å²) in [5.74, 6) is -2.43. The number of morpholine rings is 1. The second kappa shape index (κ2) is 13.0. The number of nitrogen functional groups attached to an aromatic ring is 1. The molecule has 0 bridgehead atoms. The second-order valence-corrected chi connectivity index (χ2v) is 12.7. The molecule has 1 unspecified atom stereocenters. The van der Waals surface area contributed by atoms with Gasteiger partial charge in [-0.3, -0.25) is 4.90 Å². The zero-order valence-corrected chi connectivity index (χ0v) is 26.2. The largest absolute Gasteiger partial charge is 0.463 e. The molecule has 6 rings (SSSR count). The van der Waals surface area contributed by atoms with Gasteiger partial charge in [0, 0.05) is 55.1 Å². The Morgan fingerprint density at radius 1 is 1.09 bits per heavy atom. The summed E-state index contributed by atoms with van der Waals surface area (Å²) in [6.45, 7) is 9.12. The Labute approximate surface area is 264 Å². The molecule has 9 nitrogen and oxygen atoms in total. The number of aryl methyl sites for hydroxylation is 1. The fourth-order valence-corrected chi connectivity index (χ4v) is 6.73. The Bertz CT molecular complexity index is 1580. The maximum atomic E-state index is 16.6. The van der Waals surface area contributed by atoms with Gasteiger partial charge in [0.15, 0.2) is 5.82 Å². The molecule has 3 fully saturated rings. The predicted molar refractivity (Wildman–Crippen MR) is 165 cm³/mol. The van der Waals surface area contributed by atoms with Crippen LogP contribution in [0.15, 0.2) is 12.1 Å². The normalized spacial score (nSPS) is 20.6. The maximum Gasteiger partial charge on any atom is 0.418 e. The van der Waals surface area contributed by atoms with Crippen molar-refractivity contribution >= 4 is 22.5 Å². The number of hydrogen-bond acceptors (Lipinski definition) is 9. The van der Waals surface area contributed by atoms with E-state index in [2.05, 4.69) is 20.2 Å². The monoisotopic (exact) mass is 649 g/mol. The molecule has 3 aliphatic rings. The number of rotatable bonds is 9. The highest BCUT2D eigenvalue weighted by Crippen LogP contribution is 2.47. The number of fused-ring (bicyclic) bond motifs is 1. The summed E-state index contributed by atoms with van der Waals surface area (Å²) in [4.78, 5) is 17.1. The quantitative estimate of drug-likeness (QED) is 0.298. The number of alkyl halides is 3. The van der Waals surface area contributed by atoms with Crippen LogP contribution in [0.2, 0.25) is 0 Å². The van der Waals surface area contributed by atoms with E-state index >= 15 is 8.78 Å². The Hall–Kier alpha value is -3.36. The number of aromatic nitrogens is 3. The van der Waals surface area contributed by atoms with Gasteiger partial charge in [-0.25, -0.2) is 13.8 Å². The molecule has 3 N–H and O–H groups in total. The summed E-state index contributed by atoms with van der Waals surface area (Å²) in [6, 6.07) is 1.89. The smallest absolute Gasteiger partial charge is 0.418 e. The molecule has 0 spiro atoms. The van der Waals surface area contributed by atoms with Crippen LogP contribution in [0.25, 0.3) is 22.0 Å². The van der Waals surface area contributed by atoms with Crippen molar-refractivity contribution in [2.24, 2.45) is 5.41 Å². The highest BCUT2D eigenvalue weighted by molar-refractivity contribution is 5.94. The minimum Gasteiger partial charge on any atom is -0.463 e. The zero-order valence-electron chi connectivity index (χ0n) is 26.2. The minimum atomic E-state index is -4.94. The third-order valence-electron chi connectivity index (χ3n) is 9.21. The van der Waals surface area contributed by atoms with Crippen LogP contribution in [-0.4, -0.2) is 85.0 Å². The van der Waals surface area contributed by atoms with Crippen LogP contribution < -0.4 is 20.7 Å². The van der Waals surface area contributed by atoms with Crippen molar-refractivity contribution in [1.29, 1.82) is 0 Å². The fraction of sp³-hybridized carbons (Fsp3) is 0.594. The number of likely N-dealkylation sites (N-methyl/N-ethyl adjacent to an activating group) is 1. The van der Waals surface area contributed by atoms with Crippen LogP contribution >= 0.6 is 0 Å². The van der Waals surface area contributed by atoms with E-state index in [0.717, 1.165) is 77.3 Å². The first-order valence-corrected chi connectivity index (χ1v) is 15.9. The molecule has 46 heavy (non-hydrogen) atoms. The lowest BCUT2D eigenvalue weighted by atomic mass is 9.96. The number of nitrogens with two attached hydrogens (primary N) is 1. The molecule has 1 atom stereocenters. The van der Waals surface area contributed by atoms with Crippen molar-refractivity contribution in [3.05, 3.63) is 35.0 Å². The lowest BCUT2D eigenvalue weighted by Gasteiger charge is -2.30. The summed E-state index contributed by atoms with van der Waals surface area (Å²) < 4.78 is 86.8. The van der Waals surface area contributed by atoms with Gasteiger partial charge < -0.3 is 25.4 Å². The number of hydrogen-bond donors (Lipinski definition) is 2. The summed E-state index contributed by atoms with van der Waals surface area (Å²) in [7, 11) is 0. The van der Waals surface area contributed by atoms with E-state index in [1.54, 1.807) is 0 Å². The average Bonchev–Trinajstić information content (AvgIpc) is 3.79.